The molecule has 2 atom stereocenters. The Labute approximate surface area is 325 Å². The lowest BCUT2D eigenvalue weighted by Crippen LogP contribution is -2.49. The number of nitrogens with zero attached hydrogens (tertiary/aromatic N) is 3. The van der Waals surface area contributed by atoms with Crippen molar-refractivity contribution in [1.29, 1.82) is 0 Å². The van der Waals surface area contributed by atoms with Gasteiger partial charge in [-0.3, -0.25) is 0 Å². The molecular weight excluding hydrogens is 683 g/mol. The third-order valence-corrected chi connectivity index (χ3v) is 13.2. The Hall–Kier alpha value is -6.26. The molecule has 0 amide bonds. The molecule has 7 heterocycles. The van der Waals surface area contributed by atoms with Crippen LogP contribution in [-0.4, -0.2) is 4.40 Å². The van der Waals surface area contributed by atoms with Crippen LogP contribution in [0.25, 0.3) is 88.2 Å². The van der Waals surface area contributed by atoms with Gasteiger partial charge >= 0.3 is 0 Å². The molecule has 0 aliphatic carbocycles. The maximum Gasteiger partial charge on any atom is 0.218 e. The number of para-hydroxylation sites is 1. The van der Waals surface area contributed by atoms with E-state index in [2.05, 4.69) is 169 Å². The van der Waals surface area contributed by atoms with Crippen LogP contribution < -0.4 is 9.13 Å². The van der Waals surface area contributed by atoms with Gasteiger partial charge in [0, 0.05) is 67.6 Å². The first kappa shape index (κ1) is 32.0. The van der Waals surface area contributed by atoms with E-state index in [0.717, 1.165) is 36.1 Å². The third-order valence-electron chi connectivity index (χ3n) is 13.2. The maximum absolute atomic E-state index is 6.77. The molecule has 2 aliphatic heterocycles. The molecule has 270 valence electrons. The summed E-state index contributed by atoms with van der Waals surface area (Å²) in [6.07, 6.45) is 7.44. The first-order valence-electron chi connectivity index (χ1n) is 20.1. The van der Waals surface area contributed by atoms with E-state index in [0.29, 0.717) is 5.92 Å². The minimum Gasteiger partial charge on any atom is -0.456 e. The molecule has 4 nitrogen and oxygen atoms in total. The average molecular weight is 726 g/mol. The zero-order chi connectivity index (χ0) is 37.6. The summed E-state index contributed by atoms with van der Waals surface area (Å²) < 4.78 is 14.2. The number of hydrogen-bond donors (Lipinski definition) is 0. The second kappa shape index (κ2) is 11.2. The van der Waals surface area contributed by atoms with Crippen LogP contribution in [0.3, 0.4) is 0 Å². The van der Waals surface area contributed by atoms with E-state index in [4.69, 9.17) is 11.0 Å². The van der Waals surface area contributed by atoms with Gasteiger partial charge in [-0.2, -0.15) is 9.13 Å². The van der Waals surface area contributed by atoms with Gasteiger partial charge in [0.25, 0.3) is 0 Å². The van der Waals surface area contributed by atoms with E-state index in [1.807, 2.05) is 0 Å². The Morgan fingerprint density at radius 1 is 0.714 bits per heavy atom. The second-order valence-corrected chi connectivity index (χ2v) is 17.5. The molecule has 2 unspecified atom stereocenters. The average Bonchev–Trinajstić information content (AvgIpc) is 3.85. The van der Waals surface area contributed by atoms with Crippen molar-refractivity contribution >= 4 is 65.7 Å². The number of fused-ring (bicyclic) bond motifs is 19. The fraction of sp³-hybridized carbons (Fsp3) is 0.192. The summed E-state index contributed by atoms with van der Waals surface area (Å²) in [6, 6.07) is 43.6. The molecule has 0 radical (unpaired) electrons. The zero-order valence-corrected chi connectivity index (χ0v) is 32.4. The Balaban J connectivity index is 1.19. The normalized spacial score (nSPS) is 17.1. The van der Waals surface area contributed by atoms with Gasteiger partial charge in [0.2, 0.25) is 11.4 Å². The number of allylic oxidation sites excluding steroid dienone is 1. The minimum atomic E-state index is 0.0159. The number of rotatable bonds is 0. The van der Waals surface area contributed by atoms with Crippen molar-refractivity contribution in [1.82, 2.24) is 4.40 Å². The summed E-state index contributed by atoms with van der Waals surface area (Å²) in [5, 5.41) is 7.44. The summed E-state index contributed by atoms with van der Waals surface area (Å²) in [5.74, 6) is 0.334. The highest BCUT2D eigenvalue weighted by Crippen LogP contribution is 2.49. The van der Waals surface area contributed by atoms with Crippen LogP contribution in [0.1, 0.15) is 67.8 Å². The standard InChI is InChI=1S/C52H43N3O/c1-30-17-21-43-38-27-40-46(25-32(38)18-20-37-34-12-6-7-13-35(34)42-15-10-11-23-53(42)45(37)24-31(2)54(43)29-30)55-44-16-9-8-14-36(44)39-28-48-49(50(40)51(39)55)41-26-33(52(3,4)5)19-22-47(41)56-48/h6-17,19,21-23,25-29,37,45H,2,18,20,24H2,1,3-5H3/q+2. The predicted octanol–water partition coefficient (Wildman–Crippen LogP) is 12.4. The monoisotopic (exact) mass is 725 g/mol. The molecule has 0 fully saturated rings. The van der Waals surface area contributed by atoms with E-state index in [1.54, 1.807) is 0 Å². The first-order valence-corrected chi connectivity index (χ1v) is 20.1. The number of benzene rings is 5. The highest BCUT2D eigenvalue weighted by atomic mass is 16.3. The molecule has 5 aromatic carbocycles. The fourth-order valence-corrected chi connectivity index (χ4v) is 10.6. The van der Waals surface area contributed by atoms with Gasteiger partial charge in [-0.15, -0.1) is 0 Å². The van der Waals surface area contributed by atoms with E-state index in [9.17, 15) is 0 Å². The Morgan fingerprint density at radius 3 is 2.45 bits per heavy atom. The minimum absolute atomic E-state index is 0.0159. The summed E-state index contributed by atoms with van der Waals surface area (Å²) in [5.41, 5.74) is 17.3. The Kier molecular flexibility index (Phi) is 6.39. The quantitative estimate of drug-likeness (QED) is 0.143. The Morgan fingerprint density at radius 2 is 1.55 bits per heavy atom. The lowest BCUT2D eigenvalue weighted by atomic mass is 9.77. The SMILES string of the molecule is C=C1CC2C(CCc3cc4c(cc3-c3ccc(C)c[n+]31)c1c3c(cc5c6ccccc6n4c51)oc1ccc(C(C)(C)C)cc13)c1ccccc1-c1cccc[n+]12. The largest absolute Gasteiger partial charge is 0.456 e. The number of aryl methyl sites for hydroxylation is 2. The van der Waals surface area contributed by atoms with Gasteiger partial charge in [0.05, 0.1) is 28.5 Å². The smallest absolute Gasteiger partial charge is 0.218 e. The fourth-order valence-electron chi connectivity index (χ4n) is 10.6. The number of furan rings is 1. The van der Waals surface area contributed by atoms with E-state index in [-0.39, 0.29) is 11.5 Å². The van der Waals surface area contributed by atoms with Gasteiger partial charge in [0.15, 0.2) is 24.1 Å². The van der Waals surface area contributed by atoms with Gasteiger partial charge < -0.3 is 8.82 Å². The number of pyridine rings is 2. The second-order valence-electron chi connectivity index (χ2n) is 17.5. The van der Waals surface area contributed by atoms with Crippen LogP contribution in [0.5, 0.6) is 0 Å². The van der Waals surface area contributed by atoms with Crippen LogP contribution in [0, 0.1) is 6.92 Å². The molecule has 56 heavy (non-hydrogen) atoms. The van der Waals surface area contributed by atoms with Crippen molar-refractivity contribution in [2.24, 2.45) is 0 Å². The molecule has 10 aromatic rings. The first-order chi connectivity index (χ1) is 27.2. The highest BCUT2D eigenvalue weighted by molar-refractivity contribution is 6.35. The molecule has 0 saturated carbocycles. The van der Waals surface area contributed by atoms with Crippen LogP contribution in [0.2, 0.25) is 0 Å². The number of hydrogen-bond acceptors (Lipinski definition) is 1. The highest BCUT2D eigenvalue weighted by Gasteiger charge is 2.42. The third kappa shape index (κ3) is 4.30. The molecule has 5 aromatic heterocycles. The van der Waals surface area contributed by atoms with Crippen molar-refractivity contribution in [3.8, 4) is 22.5 Å². The van der Waals surface area contributed by atoms with Crippen molar-refractivity contribution < 1.29 is 13.6 Å². The molecule has 4 heteroatoms. The van der Waals surface area contributed by atoms with E-state index < -0.39 is 0 Å². The molecule has 0 N–H and O–H groups in total. The molecular formula is C52H43N3O+2. The summed E-state index contributed by atoms with van der Waals surface area (Å²) in [6.45, 7) is 13.9. The summed E-state index contributed by atoms with van der Waals surface area (Å²) in [4.78, 5) is 0. The van der Waals surface area contributed by atoms with Gasteiger partial charge in [-0.25, -0.2) is 0 Å². The van der Waals surface area contributed by atoms with Gasteiger partial charge in [0.1, 0.15) is 11.2 Å². The van der Waals surface area contributed by atoms with Crippen LogP contribution in [0.15, 0.2) is 139 Å². The van der Waals surface area contributed by atoms with Crippen molar-refractivity contribution in [3.63, 3.8) is 0 Å². The summed E-state index contributed by atoms with van der Waals surface area (Å²) in [7, 11) is 0. The Bertz CT molecular complexity index is 3320. The van der Waals surface area contributed by atoms with Gasteiger partial charge in [-0.05, 0) is 103 Å². The maximum atomic E-state index is 6.77. The van der Waals surface area contributed by atoms with Crippen molar-refractivity contribution in [3.05, 3.63) is 156 Å². The predicted molar refractivity (Wildman–Crippen MR) is 230 cm³/mol. The molecule has 12 rings (SSSR count). The van der Waals surface area contributed by atoms with E-state index >= 15 is 0 Å². The van der Waals surface area contributed by atoms with E-state index in [1.165, 1.54) is 93.6 Å². The molecule has 0 saturated heterocycles. The van der Waals surface area contributed by atoms with Crippen molar-refractivity contribution in [2.45, 2.75) is 64.3 Å². The lowest BCUT2D eigenvalue weighted by Gasteiger charge is -2.31. The lowest BCUT2D eigenvalue weighted by molar-refractivity contribution is -0.720. The van der Waals surface area contributed by atoms with Crippen molar-refractivity contribution in [2.75, 3.05) is 0 Å². The molecule has 0 bridgehead atoms. The topological polar surface area (TPSA) is 25.3 Å². The molecule has 2 aliphatic rings. The van der Waals surface area contributed by atoms with Crippen LogP contribution >= 0.6 is 0 Å². The zero-order valence-electron chi connectivity index (χ0n) is 32.4. The van der Waals surface area contributed by atoms with Crippen LogP contribution in [0.4, 0.5) is 0 Å². The number of aromatic nitrogens is 3. The summed E-state index contributed by atoms with van der Waals surface area (Å²) >= 11 is 0. The molecule has 0 spiro atoms. The van der Waals surface area contributed by atoms with Gasteiger partial charge in [-0.1, -0.05) is 63.2 Å². The van der Waals surface area contributed by atoms with Crippen LogP contribution in [-0.2, 0) is 11.8 Å².